The van der Waals surface area contributed by atoms with Crippen LogP contribution in [0.15, 0.2) is 53.4 Å². The van der Waals surface area contributed by atoms with Gasteiger partial charge in [-0.2, -0.15) is 0 Å². The number of rotatable bonds is 7. The number of methoxy groups -OCH3 is 2. The van der Waals surface area contributed by atoms with Crippen molar-refractivity contribution in [1.82, 2.24) is 0 Å². The van der Waals surface area contributed by atoms with Crippen molar-refractivity contribution in [3.05, 3.63) is 54.1 Å². The minimum atomic E-state index is -3.74. The standard InChI is InChI=1S/C18H20O5S/c1-13(19)11-18(24(20,21)15-7-5-4-6-8-15)16-10-9-14(22-2)12-17(16)23-3/h4-10,12,18H,11H2,1-3H3. The fraction of sp³-hybridized carbons (Fsp3) is 0.278. The first-order valence-electron chi connectivity index (χ1n) is 7.40. The number of Topliss-reactive ketones (excluding diaryl/α,β-unsaturated/α-hetero) is 1. The summed E-state index contributed by atoms with van der Waals surface area (Å²) in [6, 6.07) is 13.0. The Bertz CT molecular complexity index is 813. The van der Waals surface area contributed by atoms with Gasteiger partial charge in [0.25, 0.3) is 0 Å². The SMILES string of the molecule is COc1ccc(C(CC(C)=O)S(=O)(=O)c2ccccc2)c(OC)c1. The second-order valence-corrected chi connectivity index (χ2v) is 7.49. The van der Waals surface area contributed by atoms with Gasteiger partial charge in [0.15, 0.2) is 9.84 Å². The summed E-state index contributed by atoms with van der Waals surface area (Å²) in [7, 11) is -0.770. The number of hydrogen-bond donors (Lipinski definition) is 0. The average molecular weight is 348 g/mol. The highest BCUT2D eigenvalue weighted by atomic mass is 32.2. The predicted octanol–water partition coefficient (Wildman–Crippen LogP) is 3.20. The van der Waals surface area contributed by atoms with Crippen molar-refractivity contribution in [3.8, 4) is 11.5 Å². The number of sulfone groups is 1. The van der Waals surface area contributed by atoms with Crippen LogP contribution < -0.4 is 9.47 Å². The van der Waals surface area contributed by atoms with Gasteiger partial charge in [-0.3, -0.25) is 4.79 Å². The van der Waals surface area contributed by atoms with Crippen LogP contribution in [0, 0.1) is 0 Å². The first-order chi connectivity index (χ1) is 11.4. The molecule has 0 spiro atoms. The summed E-state index contributed by atoms with van der Waals surface area (Å²) in [5, 5.41) is -1.02. The van der Waals surface area contributed by atoms with Gasteiger partial charge in [0.2, 0.25) is 0 Å². The molecule has 2 aromatic rings. The van der Waals surface area contributed by atoms with Crippen LogP contribution in [-0.4, -0.2) is 28.4 Å². The molecule has 0 fully saturated rings. The maximum Gasteiger partial charge on any atom is 0.185 e. The molecule has 0 saturated carbocycles. The molecular weight excluding hydrogens is 328 g/mol. The summed E-state index contributed by atoms with van der Waals surface area (Å²) in [6.07, 6.45) is -0.125. The van der Waals surface area contributed by atoms with Crippen LogP contribution in [0.4, 0.5) is 0 Å². The van der Waals surface area contributed by atoms with E-state index in [1.807, 2.05) is 0 Å². The first kappa shape index (κ1) is 18.0. The van der Waals surface area contributed by atoms with Gasteiger partial charge in [0.05, 0.1) is 19.1 Å². The zero-order valence-corrected chi connectivity index (χ0v) is 14.7. The van der Waals surface area contributed by atoms with Crippen LogP contribution in [0.5, 0.6) is 11.5 Å². The number of carbonyl (C=O) groups excluding carboxylic acids is 1. The first-order valence-corrected chi connectivity index (χ1v) is 8.95. The van der Waals surface area contributed by atoms with E-state index in [1.165, 1.54) is 33.3 Å². The third-order valence-electron chi connectivity index (χ3n) is 3.71. The molecular formula is C18H20O5S. The molecule has 6 heteroatoms. The normalized spacial score (nSPS) is 12.5. The fourth-order valence-corrected chi connectivity index (χ4v) is 4.35. The lowest BCUT2D eigenvalue weighted by atomic mass is 10.1. The molecule has 0 aliphatic heterocycles. The zero-order chi connectivity index (χ0) is 17.7. The minimum Gasteiger partial charge on any atom is -0.497 e. The van der Waals surface area contributed by atoms with Crippen molar-refractivity contribution in [1.29, 1.82) is 0 Å². The van der Waals surface area contributed by atoms with Crippen molar-refractivity contribution in [2.24, 2.45) is 0 Å². The molecule has 128 valence electrons. The maximum atomic E-state index is 13.1. The van der Waals surface area contributed by atoms with E-state index in [9.17, 15) is 13.2 Å². The van der Waals surface area contributed by atoms with Crippen molar-refractivity contribution in [3.63, 3.8) is 0 Å². The Hall–Kier alpha value is -2.34. The summed E-state index contributed by atoms with van der Waals surface area (Å²) in [4.78, 5) is 11.9. The molecule has 2 rings (SSSR count). The van der Waals surface area contributed by atoms with Gasteiger partial charge in [-0.05, 0) is 25.1 Å². The summed E-state index contributed by atoms with van der Waals surface area (Å²) < 4.78 is 36.6. The van der Waals surface area contributed by atoms with Gasteiger partial charge in [0, 0.05) is 18.1 Å². The van der Waals surface area contributed by atoms with Gasteiger partial charge in [-0.1, -0.05) is 24.3 Å². The molecule has 2 aromatic carbocycles. The Kier molecular flexibility index (Phi) is 5.62. The smallest absolute Gasteiger partial charge is 0.185 e. The van der Waals surface area contributed by atoms with Crippen LogP contribution in [0.1, 0.15) is 24.2 Å². The van der Waals surface area contributed by atoms with Crippen molar-refractivity contribution >= 4 is 15.6 Å². The van der Waals surface area contributed by atoms with Crippen LogP contribution >= 0.6 is 0 Å². The second kappa shape index (κ2) is 7.49. The molecule has 5 nitrogen and oxygen atoms in total. The van der Waals surface area contributed by atoms with Crippen LogP contribution in [0.2, 0.25) is 0 Å². The Morgan fingerprint density at radius 2 is 1.71 bits per heavy atom. The highest BCUT2D eigenvalue weighted by molar-refractivity contribution is 7.91. The van der Waals surface area contributed by atoms with E-state index in [1.54, 1.807) is 36.4 Å². The van der Waals surface area contributed by atoms with Crippen molar-refractivity contribution in [2.75, 3.05) is 14.2 Å². The molecule has 1 atom stereocenters. The third kappa shape index (κ3) is 3.76. The summed E-state index contributed by atoms with van der Waals surface area (Å²) >= 11 is 0. The number of hydrogen-bond acceptors (Lipinski definition) is 5. The van der Waals surface area contributed by atoms with Crippen LogP contribution in [-0.2, 0) is 14.6 Å². The predicted molar refractivity (Wildman–Crippen MR) is 91.2 cm³/mol. The molecule has 0 heterocycles. The fourth-order valence-electron chi connectivity index (χ4n) is 2.51. The largest absolute Gasteiger partial charge is 0.497 e. The monoisotopic (exact) mass is 348 g/mol. The zero-order valence-electron chi connectivity index (χ0n) is 13.9. The molecule has 0 bridgehead atoms. The quantitative estimate of drug-likeness (QED) is 0.768. The van der Waals surface area contributed by atoms with E-state index in [0.29, 0.717) is 17.1 Å². The average Bonchev–Trinajstić information content (AvgIpc) is 2.59. The number of benzene rings is 2. The molecule has 0 N–H and O–H groups in total. The van der Waals surface area contributed by atoms with E-state index in [-0.39, 0.29) is 17.1 Å². The van der Waals surface area contributed by atoms with Gasteiger partial charge in [0.1, 0.15) is 22.5 Å². The van der Waals surface area contributed by atoms with E-state index in [4.69, 9.17) is 9.47 Å². The van der Waals surface area contributed by atoms with Gasteiger partial charge in [-0.15, -0.1) is 0 Å². The van der Waals surface area contributed by atoms with Gasteiger partial charge < -0.3 is 9.47 Å². The molecule has 0 aliphatic carbocycles. The number of carbonyl (C=O) groups is 1. The lowest BCUT2D eigenvalue weighted by Gasteiger charge is -2.20. The molecule has 0 aliphatic rings. The summed E-state index contributed by atoms with van der Waals surface area (Å²) in [6.45, 7) is 1.38. The highest BCUT2D eigenvalue weighted by Gasteiger charge is 2.32. The lowest BCUT2D eigenvalue weighted by molar-refractivity contribution is -0.117. The Labute approximate surface area is 142 Å². The van der Waals surface area contributed by atoms with E-state index in [0.717, 1.165) is 0 Å². The molecule has 24 heavy (non-hydrogen) atoms. The van der Waals surface area contributed by atoms with Crippen molar-refractivity contribution < 1.29 is 22.7 Å². The van der Waals surface area contributed by atoms with E-state index < -0.39 is 15.1 Å². The Balaban J connectivity index is 2.60. The Morgan fingerprint density at radius 3 is 2.25 bits per heavy atom. The van der Waals surface area contributed by atoms with Gasteiger partial charge >= 0.3 is 0 Å². The molecule has 0 radical (unpaired) electrons. The Morgan fingerprint density at radius 1 is 1.04 bits per heavy atom. The van der Waals surface area contributed by atoms with E-state index >= 15 is 0 Å². The molecule has 0 aromatic heterocycles. The maximum absolute atomic E-state index is 13.1. The summed E-state index contributed by atoms with van der Waals surface area (Å²) in [5.74, 6) is 0.715. The topological polar surface area (TPSA) is 69.7 Å². The van der Waals surface area contributed by atoms with Crippen molar-refractivity contribution in [2.45, 2.75) is 23.5 Å². The number of ether oxygens (including phenoxy) is 2. The van der Waals surface area contributed by atoms with E-state index in [2.05, 4.69) is 0 Å². The lowest BCUT2D eigenvalue weighted by Crippen LogP contribution is -2.17. The molecule has 1 unspecified atom stereocenters. The van der Waals surface area contributed by atoms with Crippen LogP contribution in [0.3, 0.4) is 0 Å². The van der Waals surface area contributed by atoms with Gasteiger partial charge in [-0.25, -0.2) is 8.42 Å². The second-order valence-electron chi connectivity index (χ2n) is 5.36. The number of ketones is 1. The van der Waals surface area contributed by atoms with Crippen LogP contribution in [0.25, 0.3) is 0 Å². The molecule has 0 saturated heterocycles. The highest BCUT2D eigenvalue weighted by Crippen LogP contribution is 2.38. The minimum absolute atomic E-state index is 0.125. The third-order valence-corrected chi connectivity index (χ3v) is 5.81. The summed E-state index contributed by atoms with van der Waals surface area (Å²) in [5.41, 5.74) is 0.442. The molecule has 0 amide bonds.